The third-order valence-corrected chi connectivity index (χ3v) is 2.83. The van der Waals surface area contributed by atoms with Gasteiger partial charge in [-0.15, -0.1) is 0 Å². The van der Waals surface area contributed by atoms with E-state index in [-0.39, 0.29) is 15.3 Å². The van der Waals surface area contributed by atoms with Crippen molar-refractivity contribution in [2.24, 2.45) is 0 Å². The topological polar surface area (TPSA) is 28.7 Å². The zero-order valence-electron chi connectivity index (χ0n) is 7.71. The summed E-state index contributed by atoms with van der Waals surface area (Å²) in [6.45, 7) is 0. The molecule has 0 saturated carbocycles. The number of nitrogens with zero attached hydrogens (tertiary/aromatic N) is 1. The predicted octanol–water partition coefficient (Wildman–Crippen LogP) is 3.89. The minimum Gasteiger partial charge on any atom is -0.293 e. The van der Waals surface area contributed by atoms with Crippen molar-refractivity contribution in [3.05, 3.63) is 33.8 Å². The molecule has 84 valence electrons. The molecular formula is C9H5F3N2S2. The highest BCUT2D eigenvalue weighted by molar-refractivity contribution is 7.73. The molecule has 0 spiro atoms. The van der Waals surface area contributed by atoms with Gasteiger partial charge in [0.15, 0.2) is 3.95 Å². The number of aromatic nitrogens is 2. The Morgan fingerprint density at radius 1 is 1.25 bits per heavy atom. The minimum atomic E-state index is -4.39. The number of aromatic amines is 1. The summed E-state index contributed by atoms with van der Waals surface area (Å²) in [5.41, 5.74) is -0.700. The van der Waals surface area contributed by atoms with Crippen molar-refractivity contribution >= 4 is 23.8 Å². The second-order valence-electron chi connectivity index (χ2n) is 2.97. The van der Waals surface area contributed by atoms with Gasteiger partial charge in [-0.05, 0) is 29.8 Å². The van der Waals surface area contributed by atoms with Gasteiger partial charge in [-0.2, -0.15) is 13.2 Å². The van der Waals surface area contributed by atoms with Crippen molar-refractivity contribution in [2.45, 2.75) is 6.18 Å². The number of benzene rings is 1. The molecule has 1 heterocycles. The summed E-state index contributed by atoms with van der Waals surface area (Å²) in [6, 6.07) is 5.25. The second kappa shape index (κ2) is 3.99. The summed E-state index contributed by atoms with van der Waals surface area (Å²) in [4.78, 5) is 3.83. The van der Waals surface area contributed by atoms with Gasteiger partial charge in [0.2, 0.25) is 0 Å². The van der Waals surface area contributed by atoms with Crippen LogP contribution in [-0.4, -0.2) is 9.36 Å². The average Bonchev–Trinajstić information content (AvgIpc) is 2.64. The van der Waals surface area contributed by atoms with Crippen LogP contribution >= 0.6 is 23.8 Å². The molecule has 0 unspecified atom stereocenters. The molecule has 0 aliphatic heterocycles. The summed E-state index contributed by atoms with van der Waals surface area (Å²) < 4.78 is 41.0. The first-order valence-corrected chi connectivity index (χ1v) is 5.43. The van der Waals surface area contributed by atoms with Crippen LogP contribution in [0.4, 0.5) is 13.2 Å². The second-order valence-corrected chi connectivity index (χ2v) is 4.41. The van der Waals surface area contributed by atoms with Gasteiger partial charge in [-0.25, -0.2) is 4.98 Å². The normalized spacial score (nSPS) is 11.7. The van der Waals surface area contributed by atoms with Crippen LogP contribution in [0.25, 0.3) is 11.4 Å². The molecule has 0 aliphatic carbocycles. The molecule has 0 radical (unpaired) electrons. The fourth-order valence-electron chi connectivity index (χ4n) is 1.28. The maximum absolute atomic E-state index is 12.7. The molecule has 0 bridgehead atoms. The number of halogens is 3. The molecule has 7 heteroatoms. The summed E-state index contributed by atoms with van der Waals surface area (Å²) in [5, 5.41) is 0. The van der Waals surface area contributed by atoms with E-state index in [0.29, 0.717) is 0 Å². The van der Waals surface area contributed by atoms with E-state index in [9.17, 15) is 13.2 Å². The first-order chi connectivity index (χ1) is 7.48. The summed E-state index contributed by atoms with van der Waals surface area (Å²) in [7, 11) is 0. The summed E-state index contributed by atoms with van der Waals surface area (Å²) in [6.07, 6.45) is -4.39. The first kappa shape index (κ1) is 11.3. The van der Waals surface area contributed by atoms with Gasteiger partial charge >= 0.3 is 6.18 Å². The SMILES string of the molecule is FC(F)(F)c1ccccc1-c1nc(=S)s[nH]1. The van der Waals surface area contributed by atoms with Gasteiger partial charge in [-0.1, -0.05) is 18.2 Å². The van der Waals surface area contributed by atoms with Crippen LogP contribution in [0, 0.1) is 3.95 Å². The van der Waals surface area contributed by atoms with E-state index in [0.717, 1.165) is 17.6 Å². The molecule has 2 rings (SSSR count). The maximum Gasteiger partial charge on any atom is 0.417 e. The first-order valence-electron chi connectivity index (χ1n) is 4.20. The lowest BCUT2D eigenvalue weighted by molar-refractivity contribution is -0.137. The molecule has 1 N–H and O–H groups in total. The van der Waals surface area contributed by atoms with E-state index in [1.54, 1.807) is 0 Å². The Bertz CT molecular complexity index is 556. The molecule has 1 aromatic carbocycles. The fraction of sp³-hybridized carbons (Fsp3) is 0.111. The molecule has 1 aromatic heterocycles. The maximum atomic E-state index is 12.7. The van der Waals surface area contributed by atoms with Crippen molar-refractivity contribution in [3.63, 3.8) is 0 Å². The zero-order valence-corrected chi connectivity index (χ0v) is 9.34. The number of hydrogen-bond donors (Lipinski definition) is 1. The van der Waals surface area contributed by atoms with Crippen LogP contribution in [0.15, 0.2) is 24.3 Å². The molecule has 16 heavy (non-hydrogen) atoms. The van der Waals surface area contributed by atoms with Gasteiger partial charge in [0.05, 0.1) is 5.56 Å². The monoisotopic (exact) mass is 262 g/mol. The Hall–Kier alpha value is -1.21. The lowest BCUT2D eigenvalue weighted by Crippen LogP contribution is -2.07. The highest BCUT2D eigenvalue weighted by atomic mass is 32.2. The smallest absolute Gasteiger partial charge is 0.293 e. The lowest BCUT2D eigenvalue weighted by Gasteiger charge is -2.10. The van der Waals surface area contributed by atoms with Crippen LogP contribution in [0.1, 0.15) is 5.56 Å². The van der Waals surface area contributed by atoms with Crippen molar-refractivity contribution in [3.8, 4) is 11.4 Å². The van der Waals surface area contributed by atoms with E-state index in [1.807, 2.05) is 0 Å². The Kier molecular flexibility index (Phi) is 2.81. The number of H-pyrrole nitrogens is 1. The van der Waals surface area contributed by atoms with E-state index < -0.39 is 11.7 Å². The molecule has 0 atom stereocenters. The molecule has 0 aliphatic rings. The third kappa shape index (κ3) is 2.14. The van der Waals surface area contributed by atoms with Gasteiger partial charge in [0.1, 0.15) is 5.82 Å². The quantitative estimate of drug-likeness (QED) is 0.790. The molecule has 0 saturated heterocycles. The van der Waals surface area contributed by atoms with Gasteiger partial charge in [0, 0.05) is 5.56 Å². The number of hydrogen-bond acceptors (Lipinski definition) is 3. The predicted molar refractivity (Wildman–Crippen MR) is 57.7 cm³/mol. The molecular weight excluding hydrogens is 257 g/mol. The number of alkyl halides is 3. The van der Waals surface area contributed by atoms with Crippen molar-refractivity contribution in [1.82, 2.24) is 9.36 Å². The Morgan fingerprint density at radius 2 is 1.94 bits per heavy atom. The minimum absolute atomic E-state index is 0.0161. The van der Waals surface area contributed by atoms with Gasteiger partial charge in [-0.3, -0.25) is 4.37 Å². The van der Waals surface area contributed by atoms with Crippen LogP contribution in [0.3, 0.4) is 0 Å². The zero-order chi connectivity index (χ0) is 11.8. The van der Waals surface area contributed by atoms with Crippen molar-refractivity contribution in [1.29, 1.82) is 0 Å². The Labute approximate surface area is 97.9 Å². The van der Waals surface area contributed by atoms with Crippen LogP contribution in [0.2, 0.25) is 0 Å². The molecule has 0 fully saturated rings. The summed E-state index contributed by atoms with van der Waals surface area (Å²) in [5.74, 6) is 0.155. The standard InChI is InChI=1S/C9H5F3N2S2/c10-9(11,12)6-4-2-1-3-5(6)7-13-8(15)16-14-7/h1-4H,(H,13,14,15). The van der Waals surface area contributed by atoms with Gasteiger partial charge in [0.25, 0.3) is 0 Å². The lowest BCUT2D eigenvalue weighted by atomic mass is 10.1. The largest absolute Gasteiger partial charge is 0.417 e. The van der Waals surface area contributed by atoms with Crippen LogP contribution < -0.4 is 0 Å². The summed E-state index contributed by atoms with van der Waals surface area (Å²) >= 11 is 5.79. The number of nitrogens with one attached hydrogen (secondary N) is 1. The van der Waals surface area contributed by atoms with E-state index in [4.69, 9.17) is 12.2 Å². The Morgan fingerprint density at radius 3 is 2.50 bits per heavy atom. The molecule has 2 aromatic rings. The van der Waals surface area contributed by atoms with E-state index >= 15 is 0 Å². The number of rotatable bonds is 1. The van der Waals surface area contributed by atoms with Crippen molar-refractivity contribution < 1.29 is 13.2 Å². The molecule has 0 amide bonds. The third-order valence-electron chi connectivity index (χ3n) is 1.93. The highest BCUT2D eigenvalue weighted by Gasteiger charge is 2.33. The van der Waals surface area contributed by atoms with Gasteiger partial charge < -0.3 is 0 Å². The molecule has 2 nitrogen and oxygen atoms in total. The Balaban J connectivity index is 2.61. The highest BCUT2D eigenvalue weighted by Crippen LogP contribution is 2.35. The van der Waals surface area contributed by atoms with Crippen LogP contribution in [0.5, 0.6) is 0 Å². The van der Waals surface area contributed by atoms with Crippen LogP contribution in [-0.2, 0) is 6.18 Å². The van der Waals surface area contributed by atoms with E-state index in [2.05, 4.69) is 9.36 Å². The average molecular weight is 262 g/mol. The van der Waals surface area contributed by atoms with Crippen molar-refractivity contribution in [2.75, 3.05) is 0 Å². The van der Waals surface area contributed by atoms with E-state index in [1.165, 1.54) is 18.2 Å². The fourth-order valence-corrected chi connectivity index (χ4v) is 1.97.